The Morgan fingerprint density at radius 3 is 1.67 bits per heavy atom. The van der Waals surface area contributed by atoms with Crippen molar-refractivity contribution in [3.63, 3.8) is 0 Å². The van der Waals surface area contributed by atoms with Gasteiger partial charge in [0, 0.05) is 24.6 Å². The molecule has 2 rings (SSSR count). The van der Waals surface area contributed by atoms with Crippen LogP contribution in [-0.2, 0) is 9.53 Å². The third-order valence-corrected chi connectivity index (χ3v) is 3.16. The van der Waals surface area contributed by atoms with Crippen molar-refractivity contribution in [3.05, 3.63) is 71.8 Å². The summed E-state index contributed by atoms with van der Waals surface area (Å²) in [5, 5.41) is 13.6. The maximum Gasteiger partial charge on any atom is 0.302 e. The molecule has 0 aliphatic rings. The largest absolute Gasteiger partial charge is 0.464 e. The monoisotopic (exact) mass is 372 g/mol. The lowest BCUT2D eigenvalue weighted by Crippen LogP contribution is -2.27. The van der Waals surface area contributed by atoms with E-state index in [1.807, 2.05) is 12.1 Å². The number of nitrogens with one attached hydrogen (secondary N) is 2. The molecule has 0 aliphatic heterocycles. The lowest BCUT2D eigenvalue weighted by molar-refractivity contribution is -0.140. The predicted octanol–water partition coefficient (Wildman–Crippen LogP) is 1.39. The summed E-state index contributed by atoms with van der Waals surface area (Å²) in [4.78, 5) is 33.0. The molecule has 0 unspecified atom stereocenters. The minimum absolute atomic E-state index is 0.0292. The summed E-state index contributed by atoms with van der Waals surface area (Å²) in [6.07, 6.45) is 0. The summed E-state index contributed by atoms with van der Waals surface area (Å²) in [7, 11) is 0. The Morgan fingerprint density at radius 2 is 1.26 bits per heavy atom. The van der Waals surface area contributed by atoms with Gasteiger partial charge in [0.15, 0.2) is 0 Å². The van der Waals surface area contributed by atoms with Gasteiger partial charge in [-0.25, -0.2) is 0 Å². The van der Waals surface area contributed by atoms with Gasteiger partial charge < -0.3 is 20.5 Å². The molecule has 2 amide bonds. The van der Waals surface area contributed by atoms with Gasteiger partial charge in [0.1, 0.15) is 6.61 Å². The second-order valence-electron chi connectivity index (χ2n) is 5.31. The van der Waals surface area contributed by atoms with Crippen LogP contribution in [0.3, 0.4) is 0 Å². The van der Waals surface area contributed by atoms with E-state index in [9.17, 15) is 14.4 Å². The summed E-state index contributed by atoms with van der Waals surface area (Å²) in [5.74, 6) is -0.656. The minimum Gasteiger partial charge on any atom is -0.464 e. The first-order chi connectivity index (χ1) is 13.0. The van der Waals surface area contributed by atoms with Crippen molar-refractivity contribution < 1.29 is 24.2 Å². The van der Waals surface area contributed by atoms with Crippen LogP contribution in [0.4, 0.5) is 0 Å². The molecule has 0 heterocycles. The fraction of sp³-hybridized carbons (Fsp3) is 0.250. The normalized spacial score (nSPS) is 9.41. The highest BCUT2D eigenvalue weighted by atomic mass is 16.5. The van der Waals surface area contributed by atoms with E-state index in [0.717, 1.165) is 0 Å². The van der Waals surface area contributed by atoms with Crippen LogP contribution in [0, 0.1) is 0 Å². The number of hydrogen-bond donors (Lipinski definition) is 3. The minimum atomic E-state index is -0.344. The van der Waals surface area contributed by atoms with E-state index in [1.165, 1.54) is 6.92 Å². The zero-order valence-corrected chi connectivity index (χ0v) is 15.2. The van der Waals surface area contributed by atoms with E-state index in [2.05, 4.69) is 15.4 Å². The van der Waals surface area contributed by atoms with Gasteiger partial charge in [0.25, 0.3) is 11.8 Å². The van der Waals surface area contributed by atoms with Crippen LogP contribution in [0.1, 0.15) is 27.6 Å². The molecule has 7 heteroatoms. The van der Waals surface area contributed by atoms with Crippen LogP contribution < -0.4 is 10.6 Å². The molecular formula is C20H24N2O5. The van der Waals surface area contributed by atoms with Gasteiger partial charge >= 0.3 is 5.97 Å². The smallest absolute Gasteiger partial charge is 0.302 e. The summed E-state index contributed by atoms with van der Waals surface area (Å²) < 4.78 is 4.67. The Bertz CT molecular complexity index is 705. The van der Waals surface area contributed by atoms with Crippen molar-refractivity contribution >= 4 is 17.8 Å². The predicted molar refractivity (Wildman–Crippen MR) is 101 cm³/mol. The molecular weight excluding hydrogens is 348 g/mol. The first-order valence-corrected chi connectivity index (χ1v) is 8.45. The van der Waals surface area contributed by atoms with Crippen LogP contribution in [0.15, 0.2) is 60.7 Å². The third kappa shape index (κ3) is 9.76. The summed E-state index contributed by atoms with van der Waals surface area (Å²) in [6.45, 7) is 2.13. The Morgan fingerprint density at radius 1 is 0.815 bits per heavy atom. The molecule has 0 atom stereocenters. The van der Waals surface area contributed by atoms with Crippen LogP contribution in [0.2, 0.25) is 0 Å². The molecule has 7 nitrogen and oxygen atoms in total. The molecule has 0 fully saturated rings. The Labute approximate surface area is 158 Å². The lowest BCUT2D eigenvalue weighted by atomic mass is 10.2. The van der Waals surface area contributed by atoms with E-state index < -0.39 is 0 Å². The van der Waals surface area contributed by atoms with Crippen molar-refractivity contribution in [2.45, 2.75) is 6.92 Å². The highest BCUT2D eigenvalue weighted by Gasteiger charge is 2.03. The summed E-state index contributed by atoms with van der Waals surface area (Å²) >= 11 is 0. The Kier molecular flexibility index (Phi) is 10.6. The molecule has 0 saturated carbocycles. The van der Waals surface area contributed by atoms with E-state index in [1.54, 1.807) is 48.5 Å². The Hall–Kier alpha value is -3.19. The summed E-state index contributed by atoms with van der Waals surface area (Å²) in [6, 6.07) is 17.8. The van der Waals surface area contributed by atoms with E-state index in [-0.39, 0.29) is 31.0 Å². The molecule has 3 N–H and O–H groups in total. The van der Waals surface area contributed by atoms with Crippen molar-refractivity contribution in [3.8, 4) is 0 Å². The maximum atomic E-state index is 11.4. The number of aliphatic hydroxyl groups is 1. The van der Waals surface area contributed by atoms with E-state index in [4.69, 9.17) is 5.11 Å². The second-order valence-corrected chi connectivity index (χ2v) is 5.31. The number of hydrogen-bond acceptors (Lipinski definition) is 5. The SMILES string of the molecule is CC(=O)OCCNC(=O)c1ccccc1.O=C(NCCO)c1ccccc1. The molecule has 0 spiro atoms. The van der Waals surface area contributed by atoms with E-state index in [0.29, 0.717) is 24.2 Å². The van der Waals surface area contributed by atoms with Gasteiger partial charge in [-0.2, -0.15) is 0 Å². The quantitative estimate of drug-likeness (QED) is 0.503. The molecule has 27 heavy (non-hydrogen) atoms. The number of benzene rings is 2. The molecule has 0 saturated heterocycles. The van der Waals surface area contributed by atoms with Gasteiger partial charge in [0.2, 0.25) is 0 Å². The fourth-order valence-electron chi connectivity index (χ4n) is 1.91. The number of aliphatic hydroxyl groups excluding tert-OH is 1. The van der Waals surface area contributed by atoms with Crippen LogP contribution >= 0.6 is 0 Å². The molecule has 0 aliphatic carbocycles. The van der Waals surface area contributed by atoms with Gasteiger partial charge in [-0.3, -0.25) is 14.4 Å². The maximum absolute atomic E-state index is 11.4. The average molecular weight is 372 g/mol. The molecule has 0 bridgehead atoms. The number of rotatable bonds is 7. The highest BCUT2D eigenvalue weighted by molar-refractivity contribution is 5.94. The first-order valence-electron chi connectivity index (χ1n) is 8.45. The number of carbonyl (C=O) groups excluding carboxylic acids is 3. The van der Waals surface area contributed by atoms with Crippen LogP contribution in [0.25, 0.3) is 0 Å². The topological polar surface area (TPSA) is 105 Å². The molecule has 0 radical (unpaired) electrons. The number of carbonyl (C=O) groups is 3. The number of esters is 1. The third-order valence-electron chi connectivity index (χ3n) is 3.16. The zero-order valence-electron chi connectivity index (χ0n) is 15.2. The van der Waals surface area contributed by atoms with Crippen LogP contribution in [0.5, 0.6) is 0 Å². The number of ether oxygens (including phenoxy) is 1. The van der Waals surface area contributed by atoms with Gasteiger partial charge in [-0.1, -0.05) is 36.4 Å². The molecule has 0 aromatic heterocycles. The number of amides is 2. The van der Waals surface area contributed by atoms with Crippen molar-refractivity contribution in [2.75, 3.05) is 26.3 Å². The van der Waals surface area contributed by atoms with E-state index >= 15 is 0 Å². The zero-order chi connectivity index (χ0) is 19.9. The standard InChI is InChI=1S/C11H13NO3.C9H11NO2/c1-9(13)15-8-7-12-11(14)10-5-3-2-4-6-10;11-7-6-10-9(12)8-4-2-1-3-5-8/h2-6H,7-8H2,1H3,(H,12,14);1-5,11H,6-7H2,(H,10,12). The van der Waals surface area contributed by atoms with Gasteiger partial charge in [-0.05, 0) is 24.3 Å². The van der Waals surface area contributed by atoms with Gasteiger partial charge in [-0.15, -0.1) is 0 Å². The molecule has 2 aromatic carbocycles. The highest BCUT2D eigenvalue weighted by Crippen LogP contribution is 1.97. The molecule has 2 aromatic rings. The van der Waals surface area contributed by atoms with Gasteiger partial charge in [0.05, 0.1) is 13.2 Å². The van der Waals surface area contributed by atoms with Crippen molar-refractivity contribution in [2.24, 2.45) is 0 Å². The summed E-state index contributed by atoms with van der Waals surface area (Å²) in [5.41, 5.74) is 1.21. The molecule has 144 valence electrons. The average Bonchev–Trinajstić information content (AvgIpc) is 2.71. The van der Waals surface area contributed by atoms with Crippen molar-refractivity contribution in [1.29, 1.82) is 0 Å². The van der Waals surface area contributed by atoms with Crippen LogP contribution in [-0.4, -0.2) is 49.2 Å². The van der Waals surface area contributed by atoms with Crippen molar-refractivity contribution in [1.82, 2.24) is 10.6 Å². The first kappa shape index (κ1) is 21.9. The fourth-order valence-corrected chi connectivity index (χ4v) is 1.91. The Balaban J connectivity index is 0.000000277. The second kappa shape index (κ2) is 13.1. The lowest BCUT2D eigenvalue weighted by Gasteiger charge is -2.04.